The SMILES string of the molecule is CC(C)CC(NC(=O)OC(C)(C)C)C(=O)OC(C)C(=O)OC1=CC[C@@]2(O)[C@H]3Cc4ccc(OC(=O)OC(C)(C)C)c5c4[C@@]2(CCN3C)[C@H]1O5. The van der Waals surface area contributed by atoms with E-state index in [9.17, 15) is 24.3 Å². The average Bonchev–Trinajstić information content (AvgIpc) is 3.31. The predicted octanol–water partition coefficient (Wildman–Crippen LogP) is 4.69. The highest BCUT2D eigenvalue weighted by Gasteiger charge is 2.72. The van der Waals surface area contributed by atoms with Gasteiger partial charge in [-0.3, -0.25) is 0 Å². The molecule has 1 spiro atoms. The first kappa shape index (κ1) is 36.4. The Bertz CT molecular complexity index is 1540. The zero-order valence-corrected chi connectivity index (χ0v) is 30.1. The third kappa shape index (κ3) is 6.96. The van der Waals surface area contributed by atoms with Crippen LogP contribution in [0.4, 0.5) is 9.59 Å². The third-order valence-electron chi connectivity index (χ3n) is 9.45. The van der Waals surface area contributed by atoms with Crippen LogP contribution in [0.5, 0.6) is 11.5 Å². The van der Waals surface area contributed by atoms with E-state index in [1.54, 1.807) is 53.7 Å². The van der Waals surface area contributed by atoms with Crippen molar-refractivity contribution < 1.29 is 52.7 Å². The van der Waals surface area contributed by atoms with Crippen molar-refractivity contribution in [2.24, 2.45) is 5.92 Å². The highest BCUT2D eigenvalue weighted by molar-refractivity contribution is 5.85. The van der Waals surface area contributed by atoms with Crippen molar-refractivity contribution in [1.29, 1.82) is 0 Å². The van der Waals surface area contributed by atoms with Gasteiger partial charge >= 0.3 is 24.2 Å². The number of benzene rings is 1. The number of carbonyl (C=O) groups excluding carboxylic acids is 4. The summed E-state index contributed by atoms with van der Waals surface area (Å²) in [5.41, 5.74) is -2.17. The number of likely N-dealkylation sites (N-methyl/N-ethyl adjacent to an activating group) is 1. The van der Waals surface area contributed by atoms with Crippen LogP contribution in [0, 0.1) is 5.92 Å². The van der Waals surface area contributed by atoms with Gasteiger partial charge in [-0.1, -0.05) is 19.9 Å². The van der Waals surface area contributed by atoms with Crippen molar-refractivity contribution >= 4 is 24.2 Å². The number of esters is 2. The lowest BCUT2D eigenvalue weighted by Gasteiger charge is -2.61. The van der Waals surface area contributed by atoms with Crippen molar-refractivity contribution in [3.63, 3.8) is 0 Å². The van der Waals surface area contributed by atoms with Crippen molar-refractivity contribution in [2.75, 3.05) is 13.6 Å². The number of nitrogens with one attached hydrogen (secondary N) is 1. The van der Waals surface area contributed by atoms with Gasteiger partial charge in [-0.2, -0.15) is 0 Å². The minimum absolute atomic E-state index is 0.0178. The van der Waals surface area contributed by atoms with Gasteiger partial charge in [0, 0.05) is 18.0 Å². The number of nitrogens with zero attached hydrogens (tertiary/aromatic N) is 1. The molecule has 2 unspecified atom stereocenters. The Kier molecular flexibility index (Phi) is 9.52. The fourth-order valence-corrected chi connectivity index (χ4v) is 7.51. The lowest BCUT2D eigenvalue weighted by Crippen LogP contribution is -2.74. The van der Waals surface area contributed by atoms with Crippen LogP contribution in [-0.2, 0) is 40.4 Å². The Morgan fingerprint density at radius 2 is 1.69 bits per heavy atom. The van der Waals surface area contributed by atoms with Crippen LogP contribution in [0.15, 0.2) is 24.0 Å². The molecule has 4 aliphatic rings. The molecule has 2 heterocycles. The molecule has 2 aliphatic heterocycles. The number of hydrogen-bond acceptors (Lipinski definition) is 12. The van der Waals surface area contributed by atoms with Gasteiger partial charge in [0.15, 0.2) is 23.7 Å². The van der Waals surface area contributed by atoms with Gasteiger partial charge < -0.3 is 43.7 Å². The molecule has 13 heteroatoms. The van der Waals surface area contributed by atoms with Crippen LogP contribution in [-0.4, -0.2) is 88.9 Å². The molecule has 49 heavy (non-hydrogen) atoms. The summed E-state index contributed by atoms with van der Waals surface area (Å²) in [5, 5.41) is 15.1. The lowest BCUT2D eigenvalue weighted by molar-refractivity contribution is -0.176. The Labute approximate surface area is 287 Å². The van der Waals surface area contributed by atoms with Crippen molar-refractivity contribution in [3.8, 4) is 11.5 Å². The summed E-state index contributed by atoms with van der Waals surface area (Å²) in [6.07, 6.45) is -0.857. The molecule has 1 saturated heterocycles. The first-order chi connectivity index (χ1) is 22.6. The number of ether oxygens (including phenoxy) is 6. The lowest BCUT2D eigenvalue weighted by atomic mass is 9.50. The molecule has 0 saturated carbocycles. The van der Waals surface area contributed by atoms with E-state index in [2.05, 4.69) is 10.2 Å². The molecule has 2 N–H and O–H groups in total. The Morgan fingerprint density at radius 3 is 2.33 bits per heavy atom. The van der Waals surface area contributed by atoms with Crippen LogP contribution in [0.25, 0.3) is 0 Å². The van der Waals surface area contributed by atoms with E-state index in [1.165, 1.54) is 6.92 Å². The summed E-state index contributed by atoms with van der Waals surface area (Å²) in [5.74, 6) is -1.05. The van der Waals surface area contributed by atoms with Crippen LogP contribution >= 0.6 is 0 Å². The number of likely N-dealkylation sites (tertiary alicyclic amines) is 1. The second kappa shape index (κ2) is 12.8. The van der Waals surface area contributed by atoms with Crippen LogP contribution in [0.2, 0.25) is 0 Å². The molecular weight excluding hydrogens is 636 g/mol. The molecule has 5 rings (SSSR count). The van der Waals surface area contributed by atoms with E-state index in [0.29, 0.717) is 25.1 Å². The first-order valence-corrected chi connectivity index (χ1v) is 16.9. The van der Waals surface area contributed by atoms with Crippen molar-refractivity contribution in [2.45, 2.75) is 135 Å². The summed E-state index contributed by atoms with van der Waals surface area (Å²) < 4.78 is 34.3. The maximum atomic E-state index is 13.5. The van der Waals surface area contributed by atoms with Crippen LogP contribution < -0.4 is 14.8 Å². The number of carbonyl (C=O) groups is 4. The molecular formula is C36H50N2O11. The van der Waals surface area contributed by atoms with Crippen molar-refractivity contribution in [3.05, 3.63) is 35.1 Å². The van der Waals surface area contributed by atoms with E-state index >= 15 is 0 Å². The number of alkyl carbamates (subject to hydrolysis) is 1. The smallest absolute Gasteiger partial charge is 0.477 e. The Morgan fingerprint density at radius 1 is 1.02 bits per heavy atom. The van der Waals surface area contributed by atoms with Crippen molar-refractivity contribution in [1.82, 2.24) is 10.2 Å². The summed E-state index contributed by atoms with van der Waals surface area (Å²) in [6, 6.07) is 2.23. The van der Waals surface area contributed by atoms with Gasteiger partial charge in [0.1, 0.15) is 23.0 Å². The molecule has 1 amide bonds. The average molecular weight is 687 g/mol. The maximum Gasteiger partial charge on any atom is 0.514 e. The van der Waals surface area contributed by atoms with Gasteiger partial charge in [0.2, 0.25) is 0 Å². The summed E-state index contributed by atoms with van der Waals surface area (Å²) in [4.78, 5) is 54.0. The molecule has 1 fully saturated rings. The van der Waals surface area contributed by atoms with Gasteiger partial charge in [0.05, 0.1) is 11.0 Å². The molecule has 2 bridgehead atoms. The number of hydrogen-bond donors (Lipinski definition) is 2. The second-order valence-corrected chi connectivity index (χ2v) is 16.0. The maximum absolute atomic E-state index is 13.5. The molecule has 0 aromatic heterocycles. The molecule has 0 radical (unpaired) electrons. The quantitative estimate of drug-likeness (QED) is 0.221. The van der Waals surface area contributed by atoms with Gasteiger partial charge in [-0.25, -0.2) is 19.2 Å². The predicted molar refractivity (Wildman–Crippen MR) is 176 cm³/mol. The van der Waals surface area contributed by atoms with E-state index in [0.717, 1.165) is 11.1 Å². The molecule has 13 nitrogen and oxygen atoms in total. The number of piperidine rings is 1. The van der Waals surface area contributed by atoms with E-state index in [1.807, 2.05) is 27.0 Å². The largest absolute Gasteiger partial charge is 0.514 e. The standard InChI is InChI=1S/C36H50N2O11/c1-19(2)17-22(37-31(41)48-33(4,5)6)30(40)44-20(3)29(39)45-24-13-14-36(43)25-18-21-11-12-23(46-32(42)49-34(7,8)9)27-26(21)35(36,28(24)47-27)15-16-38(25)10/h11-13,19-20,22,25,28,43H,14-18H2,1-10H3,(H,37,41)/t20?,22?,25-,28+,35+,36-/m1/s1. The zero-order valence-electron chi connectivity index (χ0n) is 30.1. The van der Waals surface area contributed by atoms with E-state index in [-0.39, 0.29) is 36.3 Å². The molecule has 1 aromatic rings. The normalized spacial score (nSPS) is 26.7. The van der Waals surface area contributed by atoms with Crippen LogP contribution in [0.3, 0.4) is 0 Å². The van der Waals surface area contributed by atoms with Gasteiger partial charge in [-0.15, -0.1) is 0 Å². The van der Waals surface area contributed by atoms with Gasteiger partial charge in [-0.05, 0) is 105 Å². The highest BCUT2D eigenvalue weighted by atomic mass is 16.7. The Balaban J connectivity index is 1.39. The highest BCUT2D eigenvalue weighted by Crippen LogP contribution is 2.65. The topological polar surface area (TPSA) is 159 Å². The Hall–Kier alpha value is -3.84. The number of rotatable bonds is 8. The second-order valence-electron chi connectivity index (χ2n) is 16.0. The minimum Gasteiger partial charge on any atom is -0.477 e. The van der Waals surface area contributed by atoms with E-state index < -0.39 is 64.7 Å². The van der Waals surface area contributed by atoms with Crippen LogP contribution in [0.1, 0.15) is 92.7 Å². The molecule has 270 valence electrons. The first-order valence-electron chi connectivity index (χ1n) is 16.9. The third-order valence-corrected chi connectivity index (χ3v) is 9.45. The molecule has 6 atom stereocenters. The number of aliphatic hydroxyl groups is 1. The summed E-state index contributed by atoms with van der Waals surface area (Å²) in [7, 11) is 1.98. The summed E-state index contributed by atoms with van der Waals surface area (Å²) >= 11 is 0. The zero-order chi connectivity index (χ0) is 36.3. The number of amides is 1. The summed E-state index contributed by atoms with van der Waals surface area (Å²) in [6.45, 7) is 16.1. The molecule has 1 aromatic carbocycles. The minimum atomic E-state index is -1.34. The van der Waals surface area contributed by atoms with E-state index in [4.69, 9.17) is 28.4 Å². The monoisotopic (exact) mass is 686 g/mol. The van der Waals surface area contributed by atoms with Gasteiger partial charge in [0.25, 0.3) is 0 Å². The fourth-order valence-electron chi connectivity index (χ4n) is 7.51. The fraction of sp³-hybridized carbons (Fsp3) is 0.667. The molecule has 2 aliphatic carbocycles.